The Morgan fingerprint density at radius 2 is 2.58 bits per heavy atom. The lowest BCUT2D eigenvalue weighted by Crippen LogP contribution is -2.39. The summed E-state index contributed by atoms with van der Waals surface area (Å²) >= 11 is 0. The van der Waals surface area contributed by atoms with E-state index < -0.39 is 6.03 Å². The first-order valence-corrected chi connectivity index (χ1v) is 3.44. The number of carbonyl (C=O) groups is 1. The minimum atomic E-state index is -0.419. The van der Waals surface area contributed by atoms with Crippen molar-refractivity contribution in [3.8, 4) is 0 Å². The third-order valence-corrected chi connectivity index (χ3v) is 1.46. The van der Waals surface area contributed by atoms with Gasteiger partial charge in [0, 0.05) is 19.4 Å². The van der Waals surface area contributed by atoms with Crippen molar-refractivity contribution in [3.05, 3.63) is 18.2 Å². The summed E-state index contributed by atoms with van der Waals surface area (Å²) in [7, 11) is 1.85. The van der Waals surface area contributed by atoms with Crippen molar-refractivity contribution in [2.75, 3.05) is 0 Å². The molecule has 1 aromatic heterocycles. The van der Waals surface area contributed by atoms with Gasteiger partial charge in [-0.3, -0.25) is 5.43 Å². The van der Waals surface area contributed by atoms with Crippen molar-refractivity contribution in [1.82, 2.24) is 20.3 Å². The molecule has 0 saturated heterocycles. The zero-order valence-electron chi connectivity index (χ0n) is 6.74. The number of nitrogens with zero attached hydrogens (tertiary/aromatic N) is 2. The summed E-state index contributed by atoms with van der Waals surface area (Å²) in [4.78, 5) is 14.6. The van der Waals surface area contributed by atoms with Crippen molar-refractivity contribution in [3.63, 3.8) is 0 Å². The first-order valence-electron chi connectivity index (χ1n) is 3.44. The van der Waals surface area contributed by atoms with Crippen LogP contribution in [-0.4, -0.2) is 15.6 Å². The van der Waals surface area contributed by atoms with Gasteiger partial charge in [0.2, 0.25) is 0 Å². The number of rotatable bonds is 2. The zero-order chi connectivity index (χ0) is 8.97. The Bertz CT molecular complexity index is 269. The number of aryl methyl sites for hydroxylation is 1. The normalized spacial score (nSPS) is 9.50. The summed E-state index contributed by atoms with van der Waals surface area (Å²) in [5.41, 5.74) is 1.96. The minimum Gasteiger partial charge on any atom is -0.337 e. The van der Waals surface area contributed by atoms with Gasteiger partial charge in [0.05, 0.1) is 6.54 Å². The fraction of sp³-hybridized carbons (Fsp3) is 0.333. The van der Waals surface area contributed by atoms with Crippen LogP contribution in [0, 0.1) is 0 Å². The van der Waals surface area contributed by atoms with Crippen molar-refractivity contribution < 1.29 is 4.79 Å². The third kappa shape index (κ3) is 1.96. The maximum atomic E-state index is 10.6. The molecule has 2 amide bonds. The highest BCUT2D eigenvalue weighted by atomic mass is 16.2. The maximum absolute atomic E-state index is 10.6. The number of nitrogens with one attached hydrogen (secondary N) is 2. The van der Waals surface area contributed by atoms with Gasteiger partial charge in [-0.05, 0) is 0 Å². The van der Waals surface area contributed by atoms with E-state index in [1.165, 1.54) is 0 Å². The Labute approximate surface area is 69.7 Å². The smallest absolute Gasteiger partial charge is 0.329 e. The van der Waals surface area contributed by atoms with Gasteiger partial charge in [-0.1, -0.05) is 0 Å². The van der Waals surface area contributed by atoms with E-state index in [1.54, 1.807) is 12.4 Å². The van der Waals surface area contributed by atoms with E-state index >= 15 is 0 Å². The van der Waals surface area contributed by atoms with Crippen LogP contribution in [0.4, 0.5) is 4.79 Å². The molecule has 0 aliphatic carbocycles. The average molecular weight is 169 g/mol. The quantitative estimate of drug-likeness (QED) is 0.304. The van der Waals surface area contributed by atoms with Crippen molar-refractivity contribution in [2.24, 2.45) is 12.9 Å². The van der Waals surface area contributed by atoms with Crippen LogP contribution in [-0.2, 0) is 13.6 Å². The van der Waals surface area contributed by atoms with Gasteiger partial charge in [-0.2, -0.15) is 0 Å². The first-order chi connectivity index (χ1) is 5.74. The van der Waals surface area contributed by atoms with Gasteiger partial charge >= 0.3 is 6.03 Å². The van der Waals surface area contributed by atoms with Crippen LogP contribution in [0.2, 0.25) is 0 Å². The lowest BCUT2D eigenvalue weighted by molar-refractivity contribution is 0.240. The molecule has 0 aliphatic heterocycles. The first kappa shape index (κ1) is 8.54. The molecule has 0 atom stereocenters. The number of imidazole rings is 1. The lowest BCUT2D eigenvalue weighted by Gasteiger charge is -2.03. The SMILES string of the molecule is Cn1ccnc1CNC(=O)NN. The molecule has 0 spiro atoms. The average Bonchev–Trinajstić information content (AvgIpc) is 2.47. The Morgan fingerprint density at radius 3 is 3.08 bits per heavy atom. The van der Waals surface area contributed by atoms with E-state index in [4.69, 9.17) is 5.84 Å². The molecule has 0 aliphatic rings. The predicted molar refractivity (Wildman–Crippen MR) is 42.8 cm³/mol. The van der Waals surface area contributed by atoms with Crippen LogP contribution in [0.3, 0.4) is 0 Å². The number of hydrazine groups is 1. The number of carbonyl (C=O) groups excluding carboxylic acids is 1. The van der Waals surface area contributed by atoms with Gasteiger partial charge in [0.1, 0.15) is 5.82 Å². The van der Waals surface area contributed by atoms with E-state index in [-0.39, 0.29) is 0 Å². The van der Waals surface area contributed by atoms with Gasteiger partial charge < -0.3 is 9.88 Å². The Kier molecular flexibility index (Phi) is 2.65. The summed E-state index contributed by atoms with van der Waals surface area (Å²) in [6.45, 7) is 0.368. The highest BCUT2D eigenvalue weighted by molar-refractivity contribution is 5.72. The topological polar surface area (TPSA) is 85.0 Å². The molecule has 0 saturated carbocycles. The largest absolute Gasteiger partial charge is 0.337 e. The van der Waals surface area contributed by atoms with Gasteiger partial charge in [0.25, 0.3) is 0 Å². The second kappa shape index (κ2) is 3.72. The third-order valence-electron chi connectivity index (χ3n) is 1.46. The molecule has 0 radical (unpaired) electrons. The Hall–Kier alpha value is -1.56. The van der Waals surface area contributed by atoms with Crippen LogP contribution >= 0.6 is 0 Å². The van der Waals surface area contributed by atoms with Crippen molar-refractivity contribution >= 4 is 6.03 Å². The van der Waals surface area contributed by atoms with Gasteiger partial charge in [-0.15, -0.1) is 0 Å². The molecule has 0 fully saturated rings. The number of urea groups is 1. The highest BCUT2D eigenvalue weighted by Gasteiger charge is 2.00. The maximum Gasteiger partial charge on any atom is 0.329 e. The van der Waals surface area contributed by atoms with E-state index in [0.29, 0.717) is 6.54 Å². The van der Waals surface area contributed by atoms with E-state index in [9.17, 15) is 4.79 Å². The molecule has 1 rings (SSSR count). The van der Waals surface area contributed by atoms with E-state index in [2.05, 4.69) is 10.3 Å². The fourth-order valence-electron chi connectivity index (χ4n) is 0.777. The van der Waals surface area contributed by atoms with E-state index in [1.807, 2.05) is 17.0 Å². The molecular formula is C6H11N5O. The number of amides is 2. The van der Waals surface area contributed by atoms with Crippen LogP contribution in [0.1, 0.15) is 5.82 Å². The number of nitrogens with two attached hydrogens (primary N) is 1. The monoisotopic (exact) mass is 169 g/mol. The van der Waals surface area contributed by atoms with Gasteiger partial charge in [-0.25, -0.2) is 15.6 Å². The molecule has 1 aromatic rings. The summed E-state index contributed by atoms with van der Waals surface area (Å²) in [6.07, 6.45) is 3.47. The zero-order valence-corrected chi connectivity index (χ0v) is 6.74. The standard InChI is InChI=1S/C6H11N5O/c1-11-3-2-8-5(11)4-9-6(12)10-7/h2-3H,4,7H2,1H3,(H2,9,10,12). The highest BCUT2D eigenvalue weighted by Crippen LogP contribution is 1.91. The minimum absolute atomic E-state index is 0.368. The molecule has 6 heteroatoms. The van der Waals surface area contributed by atoms with Crippen LogP contribution in [0.5, 0.6) is 0 Å². The van der Waals surface area contributed by atoms with Crippen LogP contribution in [0.25, 0.3) is 0 Å². The molecule has 0 aromatic carbocycles. The van der Waals surface area contributed by atoms with E-state index in [0.717, 1.165) is 5.82 Å². The summed E-state index contributed by atoms with van der Waals surface area (Å²) < 4.78 is 1.82. The predicted octanol–water partition coefficient (Wildman–Crippen LogP) is -0.907. The van der Waals surface area contributed by atoms with Crippen LogP contribution in [0.15, 0.2) is 12.4 Å². The second-order valence-electron chi connectivity index (χ2n) is 2.28. The molecular weight excluding hydrogens is 158 g/mol. The summed E-state index contributed by atoms with van der Waals surface area (Å²) in [5, 5.41) is 2.52. The lowest BCUT2D eigenvalue weighted by atomic mass is 10.6. The van der Waals surface area contributed by atoms with Gasteiger partial charge in [0.15, 0.2) is 0 Å². The molecule has 66 valence electrons. The van der Waals surface area contributed by atoms with Crippen LogP contribution < -0.4 is 16.6 Å². The summed E-state index contributed by atoms with van der Waals surface area (Å²) in [6, 6.07) is -0.419. The molecule has 4 N–H and O–H groups in total. The van der Waals surface area contributed by atoms with Crippen molar-refractivity contribution in [1.29, 1.82) is 0 Å². The fourth-order valence-corrected chi connectivity index (χ4v) is 0.777. The second-order valence-corrected chi connectivity index (χ2v) is 2.28. The Balaban J connectivity index is 2.43. The van der Waals surface area contributed by atoms with Crippen molar-refractivity contribution in [2.45, 2.75) is 6.54 Å². The molecule has 6 nitrogen and oxygen atoms in total. The molecule has 1 heterocycles. The number of aromatic nitrogens is 2. The summed E-state index contributed by atoms with van der Waals surface area (Å²) in [5.74, 6) is 5.64. The molecule has 0 unspecified atom stereocenters. The molecule has 12 heavy (non-hydrogen) atoms. The molecule has 0 bridgehead atoms. The number of hydrogen-bond acceptors (Lipinski definition) is 3. The number of hydrogen-bond donors (Lipinski definition) is 3. The Morgan fingerprint density at radius 1 is 1.83 bits per heavy atom.